The topological polar surface area (TPSA) is 83.6 Å². The van der Waals surface area contributed by atoms with E-state index in [4.69, 9.17) is 5.73 Å². The maximum atomic E-state index is 12.6. The Balaban J connectivity index is 2.12. The first-order chi connectivity index (χ1) is 9.31. The summed E-state index contributed by atoms with van der Waals surface area (Å²) in [7, 11) is 0. The van der Waals surface area contributed by atoms with Crippen molar-refractivity contribution in [2.75, 3.05) is 13.1 Å². The zero-order valence-electron chi connectivity index (χ0n) is 12.5. The van der Waals surface area contributed by atoms with Gasteiger partial charge in [0.2, 0.25) is 5.91 Å². The van der Waals surface area contributed by atoms with E-state index in [0.717, 1.165) is 32.1 Å². The Bertz CT molecular complexity index is 396. The van der Waals surface area contributed by atoms with Crippen LogP contribution >= 0.6 is 0 Å². The number of hydrogen-bond donors (Lipinski definition) is 2. The van der Waals surface area contributed by atoms with Crippen molar-refractivity contribution in [3.63, 3.8) is 0 Å². The molecule has 2 fully saturated rings. The van der Waals surface area contributed by atoms with Crippen LogP contribution in [0.5, 0.6) is 0 Å². The normalized spacial score (nSPS) is 27.8. The second-order valence-electron chi connectivity index (χ2n) is 7.15. The van der Waals surface area contributed by atoms with Crippen LogP contribution in [0.4, 0.5) is 0 Å². The molecule has 1 aliphatic carbocycles. The highest BCUT2D eigenvalue weighted by atomic mass is 16.4. The average Bonchev–Trinajstić information content (AvgIpc) is 2.31. The van der Waals surface area contributed by atoms with Crippen molar-refractivity contribution in [3.8, 4) is 0 Å². The van der Waals surface area contributed by atoms with Crippen LogP contribution in [0.15, 0.2) is 0 Å². The number of carbonyl (C=O) groups is 2. The van der Waals surface area contributed by atoms with Crippen LogP contribution in [0.3, 0.4) is 0 Å². The summed E-state index contributed by atoms with van der Waals surface area (Å²) in [6, 6.07) is -0.710. The number of likely N-dealkylation sites (tertiary alicyclic amines) is 1. The Hall–Kier alpha value is -1.10. The van der Waals surface area contributed by atoms with Gasteiger partial charge in [0.25, 0.3) is 0 Å². The third-order valence-electron chi connectivity index (χ3n) is 5.20. The van der Waals surface area contributed by atoms with Crippen molar-refractivity contribution in [2.24, 2.45) is 16.6 Å². The summed E-state index contributed by atoms with van der Waals surface area (Å²) in [5.41, 5.74) is 5.37. The molecule has 2 aliphatic rings. The van der Waals surface area contributed by atoms with E-state index in [-0.39, 0.29) is 16.7 Å². The minimum absolute atomic E-state index is 0.0321. The van der Waals surface area contributed by atoms with E-state index in [2.05, 4.69) is 0 Å². The molecule has 1 saturated heterocycles. The van der Waals surface area contributed by atoms with E-state index < -0.39 is 12.0 Å². The Morgan fingerprint density at radius 2 is 1.90 bits per heavy atom. The Kier molecular flexibility index (Phi) is 4.09. The summed E-state index contributed by atoms with van der Waals surface area (Å²) in [5, 5.41) is 9.50. The van der Waals surface area contributed by atoms with Crippen molar-refractivity contribution < 1.29 is 14.7 Å². The monoisotopic (exact) mass is 282 g/mol. The largest absolute Gasteiger partial charge is 0.480 e. The second kappa shape index (κ2) is 5.35. The lowest BCUT2D eigenvalue weighted by atomic mass is 9.66. The first-order valence-corrected chi connectivity index (χ1v) is 7.54. The lowest BCUT2D eigenvalue weighted by Crippen LogP contribution is -2.57. The highest BCUT2D eigenvalue weighted by molar-refractivity contribution is 5.85. The number of piperidine rings is 1. The van der Waals surface area contributed by atoms with Crippen molar-refractivity contribution in [2.45, 2.75) is 58.4 Å². The van der Waals surface area contributed by atoms with Crippen LogP contribution in [0, 0.1) is 10.8 Å². The molecule has 1 amide bonds. The molecule has 5 heteroatoms. The van der Waals surface area contributed by atoms with E-state index in [9.17, 15) is 14.7 Å². The summed E-state index contributed by atoms with van der Waals surface area (Å²) in [4.78, 5) is 25.7. The van der Waals surface area contributed by atoms with E-state index in [1.807, 2.05) is 13.8 Å². The van der Waals surface area contributed by atoms with Gasteiger partial charge in [-0.1, -0.05) is 20.3 Å². The minimum atomic E-state index is -0.890. The summed E-state index contributed by atoms with van der Waals surface area (Å²) in [6.07, 6.45) is 5.23. The predicted octanol–water partition coefficient (Wildman–Crippen LogP) is 1.61. The summed E-state index contributed by atoms with van der Waals surface area (Å²) >= 11 is 0. The molecule has 3 N–H and O–H groups in total. The molecule has 2 rings (SSSR count). The number of carboxylic acid groups (broad SMARTS) is 1. The highest BCUT2D eigenvalue weighted by Crippen LogP contribution is 2.44. The molecule has 0 aromatic rings. The smallest absolute Gasteiger partial charge is 0.326 e. The number of nitrogens with two attached hydrogens (primary N) is 1. The molecule has 0 aromatic carbocycles. The summed E-state index contributed by atoms with van der Waals surface area (Å²) in [6.45, 7) is 4.95. The standard InChI is InChI=1S/C15H26N2O3/c1-14(2)5-4-8-17(12(14)13(19)20)11(18)9-15(10-16)6-3-7-15/h12H,3-10,16H2,1-2H3,(H,19,20). The van der Waals surface area contributed by atoms with Gasteiger partial charge >= 0.3 is 5.97 Å². The van der Waals surface area contributed by atoms with Gasteiger partial charge in [0, 0.05) is 13.0 Å². The van der Waals surface area contributed by atoms with Gasteiger partial charge < -0.3 is 15.7 Å². The van der Waals surface area contributed by atoms with Crippen molar-refractivity contribution >= 4 is 11.9 Å². The molecule has 20 heavy (non-hydrogen) atoms. The van der Waals surface area contributed by atoms with Gasteiger partial charge in [-0.2, -0.15) is 0 Å². The summed E-state index contributed by atoms with van der Waals surface area (Å²) < 4.78 is 0. The van der Waals surface area contributed by atoms with Crippen LogP contribution in [-0.4, -0.2) is 41.0 Å². The SMILES string of the molecule is CC1(C)CCCN(C(=O)CC2(CN)CCC2)C1C(=O)O. The molecular weight excluding hydrogens is 256 g/mol. The lowest BCUT2D eigenvalue weighted by molar-refractivity contribution is -0.160. The Morgan fingerprint density at radius 3 is 2.35 bits per heavy atom. The zero-order chi connectivity index (χ0) is 15.0. The van der Waals surface area contributed by atoms with Gasteiger partial charge in [-0.3, -0.25) is 4.79 Å². The molecule has 5 nitrogen and oxygen atoms in total. The molecule has 0 spiro atoms. The van der Waals surface area contributed by atoms with E-state index in [1.165, 1.54) is 0 Å². The number of carboxylic acids is 1. The number of rotatable bonds is 4. The molecular formula is C15H26N2O3. The molecule has 1 atom stereocenters. The second-order valence-corrected chi connectivity index (χ2v) is 7.15. The first-order valence-electron chi connectivity index (χ1n) is 7.54. The van der Waals surface area contributed by atoms with Crippen LogP contribution in [0.25, 0.3) is 0 Å². The number of aliphatic carboxylic acids is 1. The molecule has 1 saturated carbocycles. The van der Waals surface area contributed by atoms with Crippen LogP contribution in [-0.2, 0) is 9.59 Å². The van der Waals surface area contributed by atoms with Crippen LogP contribution in [0.2, 0.25) is 0 Å². The number of amides is 1. The lowest BCUT2D eigenvalue weighted by Gasteiger charge is -2.47. The molecule has 0 aromatic heterocycles. The van der Waals surface area contributed by atoms with Crippen molar-refractivity contribution in [1.29, 1.82) is 0 Å². The fourth-order valence-corrected chi connectivity index (χ4v) is 3.68. The van der Waals surface area contributed by atoms with Gasteiger partial charge in [-0.05, 0) is 43.1 Å². The summed E-state index contributed by atoms with van der Waals surface area (Å²) in [5.74, 6) is -0.922. The van der Waals surface area contributed by atoms with E-state index in [1.54, 1.807) is 4.90 Å². The van der Waals surface area contributed by atoms with Gasteiger partial charge in [0.1, 0.15) is 6.04 Å². The molecule has 114 valence electrons. The molecule has 0 radical (unpaired) electrons. The highest BCUT2D eigenvalue weighted by Gasteiger charge is 2.46. The molecule has 1 unspecified atom stereocenters. The van der Waals surface area contributed by atoms with Crippen molar-refractivity contribution in [3.05, 3.63) is 0 Å². The van der Waals surface area contributed by atoms with Gasteiger partial charge in [0.15, 0.2) is 0 Å². The number of carbonyl (C=O) groups excluding carboxylic acids is 1. The van der Waals surface area contributed by atoms with Crippen LogP contribution < -0.4 is 5.73 Å². The van der Waals surface area contributed by atoms with Crippen LogP contribution in [0.1, 0.15) is 52.4 Å². The minimum Gasteiger partial charge on any atom is -0.480 e. The average molecular weight is 282 g/mol. The van der Waals surface area contributed by atoms with Gasteiger partial charge in [0.05, 0.1) is 0 Å². The third kappa shape index (κ3) is 2.68. The van der Waals surface area contributed by atoms with Gasteiger partial charge in [-0.25, -0.2) is 4.79 Å². The maximum Gasteiger partial charge on any atom is 0.326 e. The van der Waals surface area contributed by atoms with Gasteiger partial charge in [-0.15, -0.1) is 0 Å². The number of hydrogen-bond acceptors (Lipinski definition) is 3. The predicted molar refractivity (Wildman–Crippen MR) is 76.1 cm³/mol. The number of nitrogens with zero attached hydrogens (tertiary/aromatic N) is 1. The van der Waals surface area contributed by atoms with E-state index in [0.29, 0.717) is 19.5 Å². The Labute approximate surface area is 120 Å². The molecule has 1 heterocycles. The third-order valence-corrected chi connectivity index (χ3v) is 5.20. The maximum absolute atomic E-state index is 12.6. The van der Waals surface area contributed by atoms with Crippen molar-refractivity contribution in [1.82, 2.24) is 4.90 Å². The molecule has 0 bridgehead atoms. The molecule has 1 aliphatic heterocycles. The fourth-order valence-electron chi connectivity index (χ4n) is 3.68. The quantitative estimate of drug-likeness (QED) is 0.820. The zero-order valence-corrected chi connectivity index (χ0v) is 12.5. The fraction of sp³-hybridized carbons (Fsp3) is 0.867. The first kappa shape index (κ1) is 15.3. The van der Waals surface area contributed by atoms with E-state index >= 15 is 0 Å². The Morgan fingerprint density at radius 1 is 1.25 bits per heavy atom.